The molecule has 1 aromatic carbocycles. The van der Waals surface area contributed by atoms with Crippen molar-refractivity contribution in [3.8, 4) is 0 Å². The van der Waals surface area contributed by atoms with Crippen molar-refractivity contribution < 1.29 is 13.2 Å². The van der Waals surface area contributed by atoms with Crippen molar-refractivity contribution in [3.63, 3.8) is 0 Å². The van der Waals surface area contributed by atoms with Gasteiger partial charge in [-0.3, -0.25) is 4.79 Å². The van der Waals surface area contributed by atoms with Crippen LogP contribution >= 0.6 is 0 Å². The topological polar surface area (TPSA) is 68.6 Å². The third-order valence-corrected chi connectivity index (χ3v) is 7.36. The van der Waals surface area contributed by atoms with Crippen LogP contribution in [0.5, 0.6) is 0 Å². The highest BCUT2D eigenvalue weighted by molar-refractivity contribution is 7.89. The van der Waals surface area contributed by atoms with Gasteiger partial charge in [0.1, 0.15) is 0 Å². The Labute approximate surface area is 147 Å². The second-order valence-corrected chi connectivity index (χ2v) is 8.72. The first-order valence-electron chi connectivity index (χ1n) is 8.66. The second kappa shape index (κ2) is 5.93. The number of sulfonamides is 1. The largest absolute Gasteiger partial charge is 0.379 e. The van der Waals surface area contributed by atoms with Gasteiger partial charge in [-0.25, -0.2) is 8.42 Å². The van der Waals surface area contributed by atoms with E-state index in [2.05, 4.69) is 0 Å². The zero-order valence-corrected chi connectivity index (χ0v) is 15.4. The number of ether oxygens (including phenoxy) is 1. The fraction of sp³-hybridized carbons (Fsp3) is 0.500. The Bertz CT molecular complexity index is 1020. The van der Waals surface area contributed by atoms with Gasteiger partial charge in [0.25, 0.3) is 5.56 Å². The summed E-state index contributed by atoms with van der Waals surface area (Å²) in [6, 6.07) is 3.37. The van der Waals surface area contributed by atoms with E-state index in [0.29, 0.717) is 37.7 Å². The summed E-state index contributed by atoms with van der Waals surface area (Å²) in [7, 11) is -3.57. The van der Waals surface area contributed by atoms with Crippen molar-refractivity contribution in [2.75, 3.05) is 26.3 Å². The van der Waals surface area contributed by atoms with E-state index in [9.17, 15) is 13.2 Å². The molecule has 1 saturated heterocycles. The lowest BCUT2D eigenvalue weighted by atomic mass is 9.95. The quantitative estimate of drug-likeness (QED) is 0.814. The second-order valence-electron chi connectivity index (χ2n) is 6.81. The van der Waals surface area contributed by atoms with Crippen LogP contribution in [0.3, 0.4) is 0 Å². The molecule has 0 spiro atoms. The highest BCUT2D eigenvalue weighted by Crippen LogP contribution is 2.34. The first kappa shape index (κ1) is 16.8. The van der Waals surface area contributed by atoms with Gasteiger partial charge < -0.3 is 9.30 Å². The first-order valence-corrected chi connectivity index (χ1v) is 10.1. The molecule has 0 N–H and O–H groups in total. The van der Waals surface area contributed by atoms with E-state index in [1.54, 1.807) is 16.7 Å². The molecule has 0 amide bonds. The van der Waals surface area contributed by atoms with Crippen molar-refractivity contribution in [1.29, 1.82) is 0 Å². The molecule has 0 aliphatic carbocycles. The molecule has 0 bridgehead atoms. The summed E-state index contributed by atoms with van der Waals surface area (Å²) in [5.41, 5.74) is 3.51. The number of nitrogens with zero attached hydrogens (tertiary/aromatic N) is 2. The molecule has 134 valence electrons. The van der Waals surface area contributed by atoms with Crippen molar-refractivity contribution in [3.05, 3.63) is 39.2 Å². The van der Waals surface area contributed by atoms with Crippen LogP contribution in [0, 0.1) is 13.8 Å². The summed E-state index contributed by atoms with van der Waals surface area (Å²) in [6.45, 7) is 6.05. The molecule has 25 heavy (non-hydrogen) atoms. The van der Waals surface area contributed by atoms with Crippen molar-refractivity contribution in [1.82, 2.24) is 8.87 Å². The summed E-state index contributed by atoms with van der Waals surface area (Å²) in [5, 5.41) is 0.867. The monoisotopic (exact) mass is 362 g/mol. The van der Waals surface area contributed by atoms with E-state index in [1.165, 1.54) is 4.31 Å². The number of rotatable bonds is 2. The minimum absolute atomic E-state index is 0.00543. The fourth-order valence-electron chi connectivity index (χ4n) is 3.99. The molecular weight excluding hydrogens is 340 g/mol. The summed E-state index contributed by atoms with van der Waals surface area (Å²) in [5.74, 6) is 0. The van der Waals surface area contributed by atoms with Crippen LogP contribution in [0.25, 0.3) is 10.9 Å². The highest BCUT2D eigenvalue weighted by Gasteiger charge is 2.30. The normalized spacial score (nSPS) is 18.6. The molecule has 3 heterocycles. The van der Waals surface area contributed by atoms with Crippen LogP contribution in [0.15, 0.2) is 21.8 Å². The van der Waals surface area contributed by atoms with E-state index in [-0.39, 0.29) is 5.56 Å². The summed E-state index contributed by atoms with van der Waals surface area (Å²) >= 11 is 0. The van der Waals surface area contributed by atoms with Gasteiger partial charge in [0, 0.05) is 31.1 Å². The molecule has 0 saturated carbocycles. The molecule has 2 aliphatic rings. The van der Waals surface area contributed by atoms with Crippen LogP contribution in [0.4, 0.5) is 0 Å². The van der Waals surface area contributed by atoms with Crippen molar-refractivity contribution >= 4 is 20.9 Å². The Kier molecular flexibility index (Phi) is 3.97. The first-order chi connectivity index (χ1) is 11.9. The fourth-order valence-corrected chi connectivity index (χ4v) is 5.68. The molecule has 1 aromatic heterocycles. The maximum absolute atomic E-state index is 13.2. The summed E-state index contributed by atoms with van der Waals surface area (Å²) in [4.78, 5) is 12.7. The van der Waals surface area contributed by atoms with Crippen LogP contribution in [0.1, 0.15) is 23.1 Å². The number of hydrogen-bond acceptors (Lipinski definition) is 4. The standard InChI is InChI=1S/C18H22N2O4S/c1-12-10-17(21)20-5-3-4-14-13(2)16(11-15(12)18(14)20)25(22,23)19-6-8-24-9-7-19/h10-11H,3-9H2,1-2H3. The Balaban J connectivity index is 2.01. The van der Waals surface area contributed by atoms with Gasteiger partial charge in [-0.2, -0.15) is 4.31 Å². The molecule has 2 aliphatic heterocycles. The van der Waals surface area contributed by atoms with Gasteiger partial charge >= 0.3 is 0 Å². The van der Waals surface area contributed by atoms with Gasteiger partial charge in [-0.05, 0) is 49.4 Å². The zero-order valence-electron chi connectivity index (χ0n) is 14.5. The molecular formula is C18H22N2O4S. The summed E-state index contributed by atoms with van der Waals surface area (Å²) < 4.78 is 35.0. The van der Waals surface area contributed by atoms with E-state index < -0.39 is 10.0 Å². The third-order valence-electron chi connectivity index (χ3n) is 5.34. The van der Waals surface area contributed by atoms with Crippen LogP contribution < -0.4 is 5.56 Å². The zero-order chi connectivity index (χ0) is 17.8. The predicted octanol–water partition coefficient (Wildman–Crippen LogP) is 1.59. The molecule has 1 fully saturated rings. The Morgan fingerprint density at radius 2 is 1.80 bits per heavy atom. The Hall–Kier alpha value is -1.70. The summed E-state index contributed by atoms with van der Waals surface area (Å²) in [6.07, 6.45) is 1.66. The molecule has 7 heteroatoms. The van der Waals surface area contributed by atoms with Crippen LogP contribution in [0.2, 0.25) is 0 Å². The van der Waals surface area contributed by atoms with Gasteiger partial charge in [0.15, 0.2) is 0 Å². The van der Waals surface area contributed by atoms with E-state index in [1.807, 2.05) is 13.8 Å². The molecule has 4 rings (SSSR count). The number of hydrogen-bond donors (Lipinski definition) is 0. The maximum Gasteiger partial charge on any atom is 0.251 e. The minimum Gasteiger partial charge on any atom is -0.379 e. The molecule has 0 unspecified atom stereocenters. The molecule has 0 atom stereocenters. The predicted molar refractivity (Wildman–Crippen MR) is 95.6 cm³/mol. The van der Waals surface area contributed by atoms with Gasteiger partial charge in [0.05, 0.1) is 23.6 Å². The third kappa shape index (κ3) is 2.53. The van der Waals surface area contributed by atoms with Gasteiger partial charge in [-0.1, -0.05) is 0 Å². The number of morpholine rings is 1. The Morgan fingerprint density at radius 3 is 2.52 bits per heavy atom. The number of benzene rings is 1. The van der Waals surface area contributed by atoms with E-state index in [4.69, 9.17) is 4.74 Å². The van der Waals surface area contributed by atoms with E-state index >= 15 is 0 Å². The van der Waals surface area contributed by atoms with Crippen LogP contribution in [-0.2, 0) is 27.7 Å². The van der Waals surface area contributed by atoms with Crippen molar-refractivity contribution in [2.24, 2.45) is 0 Å². The Morgan fingerprint density at radius 1 is 1.08 bits per heavy atom. The van der Waals surface area contributed by atoms with E-state index in [0.717, 1.165) is 40.4 Å². The van der Waals surface area contributed by atoms with Gasteiger partial charge in [0.2, 0.25) is 10.0 Å². The van der Waals surface area contributed by atoms with Crippen LogP contribution in [-0.4, -0.2) is 43.6 Å². The highest BCUT2D eigenvalue weighted by atomic mass is 32.2. The number of aryl methyl sites for hydroxylation is 3. The maximum atomic E-state index is 13.2. The lowest BCUT2D eigenvalue weighted by Crippen LogP contribution is -2.41. The SMILES string of the molecule is Cc1c(S(=O)(=O)N2CCOCC2)cc2c(C)cc(=O)n3c2c1CCC3. The smallest absolute Gasteiger partial charge is 0.251 e. The molecule has 6 nitrogen and oxygen atoms in total. The molecule has 0 radical (unpaired) electrons. The van der Waals surface area contributed by atoms with Crippen molar-refractivity contribution in [2.45, 2.75) is 38.1 Å². The average Bonchev–Trinajstić information content (AvgIpc) is 2.61. The number of aromatic nitrogens is 1. The average molecular weight is 362 g/mol. The van der Waals surface area contributed by atoms with Gasteiger partial charge in [-0.15, -0.1) is 0 Å². The molecule has 2 aromatic rings. The number of pyridine rings is 1. The lowest BCUT2D eigenvalue weighted by Gasteiger charge is -2.29. The minimum atomic E-state index is -3.57. The lowest BCUT2D eigenvalue weighted by molar-refractivity contribution is 0.0730.